The fourth-order valence-corrected chi connectivity index (χ4v) is 1.73. The Kier molecular flexibility index (Phi) is 3.10. The Morgan fingerprint density at radius 3 is 2.82 bits per heavy atom. The van der Waals surface area contributed by atoms with Gasteiger partial charge < -0.3 is 11.1 Å². The number of Topliss-reactive ketones (excluding diaryl/α,β-unsaturated/α-hetero) is 1. The van der Waals surface area contributed by atoms with Crippen LogP contribution in [-0.4, -0.2) is 11.8 Å². The number of carbonyl (C=O) groups is 1. The molecule has 1 aromatic rings. The summed E-state index contributed by atoms with van der Waals surface area (Å²) < 4.78 is 0. The molecule has 3 N–H and O–H groups in total. The second-order valence-electron chi connectivity index (χ2n) is 3.80. The maximum absolute atomic E-state index is 12.3. The molecule has 0 aliphatic carbocycles. The average molecular weight is 226 g/mol. The van der Waals surface area contributed by atoms with Crippen LogP contribution in [0.25, 0.3) is 6.08 Å². The summed E-state index contributed by atoms with van der Waals surface area (Å²) in [7, 11) is 0. The molecular formula is C14H14N2O. The lowest BCUT2D eigenvalue weighted by Gasteiger charge is -2.17. The monoisotopic (exact) mass is 226 g/mol. The van der Waals surface area contributed by atoms with Crippen LogP contribution in [-0.2, 0) is 0 Å². The van der Waals surface area contributed by atoms with E-state index >= 15 is 0 Å². The molecule has 0 amide bonds. The molecule has 0 aromatic heterocycles. The van der Waals surface area contributed by atoms with Crippen LogP contribution >= 0.6 is 0 Å². The molecule has 3 heteroatoms. The molecule has 86 valence electrons. The van der Waals surface area contributed by atoms with Crippen LogP contribution in [0.2, 0.25) is 0 Å². The highest BCUT2D eigenvalue weighted by atomic mass is 16.1. The molecule has 2 rings (SSSR count). The first-order chi connectivity index (χ1) is 8.22. The highest BCUT2D eigenvalue weighted by Crippen LogP contribution is 2.14. The highest BCUT2D eigenvalue weighted by Gasteiger charge is 2.19. The standard InChI is InChI=1S/C14H14N2O/c1-2-10-5-3-4-6-12(10)14(17)13-8-7-11(15)9-16-13/h2-9,13,16H,1,15H2. The predicted molar refractivity (Wildman–Crippen MR) is 69.2 cm³/mol. The number of nitrogens with two attached hydrogens (primary N) is 1. The summed E-state index contributed by atoms with van der Waals surface area (Å²) >= 11 is 0. The minimum atomic E-state index is -0.358. The molecule has 0 bridgehead atoms. The number of carbonyl (C=O) groups excluding carboxylic acids is 1. The predicted octanol–water partition coefficient (Wildman–Crippen LogP) is 1.84. The van der Waals surface area contributed by atoms with Crippen molar-refractivity contribution in [3.8, 4) is 0 Å². The van der Waals surface area contributed by atoms with Gasteiger partial charge in [0.05, 0.1) is 0 Å². The van der Waals surface area contributed by atoms with Gasteiger partial charge in [0.2, 0.25) is 0 Å². The number of dihydropyridines is 1. The molecule has 0 fully saturated rings. The molecule has 0 spiro atoms. The van der Waals surface area contributed by atoms with Gasteiger partial charge in [-0.05, 0) is 11.6 Å². The zero-order chi connectivity index (χ0) is 12.3. The van der Waals surface area contributed by atoms with E-state index in [0.717, 1.165) is 5.56 Å². The molecule has 1 atom stereocenters. The van der Waals surface area contributed by atoms with E-state index in [1.54, 1.807) is 30.5 Å². The van der Waals surface area contributed by atoms with Crippen molar-refractivity contribution < 1.29 is 4.79 Å². The van der Waals surface area contributed by atoms with Crippen LogP contribution in [0.15, 0.2) is 54.9 Å². The van der Waals surface area contributed by atoms with Gasteiger partial charge in [-0.15, -0.1) is 0 Å². The van der Waals surface area contributed by atoms with Crippen LogP contribution in [0.5, 0.6) is 0 Å². The molecule has 1 heterocycles. The van der Waals surface area contributed by atoms with E-state index in [1.807, 2.05) is 18.2 Å². The van der Waals surface area contributed by atoms with E-state index in [2.05, 4.69) is 11.9 Å². The van der Waals surface area contributed by atoms with E-state index in [-0.39, 0.29) is 11.8 Å². The summed E-state index contributed by atoms with van der Waals surface area (Å²) in [6.45, 7) is 3.71. The van der Waals surface area contributed by atoms with Crippen molar-refractivity contribution >= 4 is 11.9 Å². The summed E-state index contributed by atoms with van der Waals surface area (Å²) in [5, 5.41) is 2.96. The molecule has 1 aliphatic heterocycles. The third-order valence-electron chi connectivity index (χ3n) is 2.64. The number of benzene rings is 1. The van der Waals surface area contributed by atoms with E-state index in [1.165, 1.54) is 0 Å². The van der Waals surface area contributed by atoms with Gasteiger partial charge in [0.15, 0.2) is 5.78 Å². The number of hydrogen-bond donors (Lipinski definition) is 2. The summed E-state index contributed by atoms with van der Waals surface area (Å²) in [4.78, 5) is 12.3. The summed E-state index contributed by atoms with van der Waals surface area (Å²) in [6, 6.07) is 7.05. The number of nitrogens with one attached hydrogen (secondary N) is 1. The SMILES string of the molecule is C=Cc1ccccc1C(=O)C1C=CC(N)=CN1. The van der Waals surface area contributed by atoms with Crippen molar-refractivity contribution in [1.82, 2.24) is 5.32 Å². The van der Waals surface area contributed by atoms with Crippen molar-refractivity contribution in [3.63, 3.8) is 0 Å². The Bertz CT molecular complexity index is 515. The summed E-state index contributed by atoms with van der Waals surface area (Å²) in [6.07, 6.45) is 6.82. The fourth-order valence-electron chi connectivity index (χ4n) is 1.73. The van der Waals surface area contributed by atoms with Gasteiger partial charge in [-0.25, -0.2) is 0 Å². The van der Waals surface area contributed by atoms with Gasteiger partial charge in [0.25, 0.3) is 0 Å². The molecule has 0 radical (unpaired) electrons. The number of allylic oxidation sites excluding steroid dienone is 1. The van der Waals surface area contributed by atoms with Gasteiger partial charge in [0, 0.05) is 17.5 Å². The molecule has 0 saturated heterocycles. The van der Waals surface area contributed by atoms with Crippen LogP contribution in [0.4, 0.5) is 0 Å². The molecule has 0 saturated carbocycles. The number of hydrogen-bond acceptors (Lipinski definition) is 3. The fraction of sp³-hybridized carbons (Fsp3) is 0.0714. The Morgan fingerprint density at radius 1 is 1.41 bits per heavy atom. The second-order valence-corrected chi connectivity index (χ2v) is 3.80. The molecule has 1 aliphatic rings. The van der Waals surface area contributed by atoms with Crippen molar-refractivity contribution in [2.75, 3.05) is 0 Å². The van der Waals surface area contributed by atoms with Crippen molar-refractivity contribution in [3.05, 3.63) is 66.0 Å². The minimum absolute atomic E-state index is 0.0144. The average Bonchev–Trinajstić information content (AvgIpc) is 2.39. The Hall–Kier alpha value is -2.29. The van der Waals surface area contributed by atoms with Crippen molar-refractivity contribution in [2.24, 2.45) is 5.73 Å². The van der Waals surface area contributed by atoms with E-state index < -0.39 is 0 Å². The number of rotatable bonds is 3. The van der Waals surface area contributed by atoms with Crippen molar-refractivity contribution in [1.29, 1.82) is 0 Å². The number of ketones is 1. The first-order valence-corrected chi connectivity index (χ1v) is 5.38. The first-order valence-electron chi connectivity index (χ1n) is 5.38. The normalized spacial score (nSPS) is 18.1. The quantitative estimate of drug-likeness (QED) is 0.773. The summed E-state index contributed by atoms with van der Waals surface area (Å²) in [5.74, 6) is 0.0144. The smallest absolute Gasteiger partial charge is 0.189 e. The third-order valence-corrected chi connectivity index (χ3v) is 2.64. The third kappa shape index (κ3) is 2.28. The van der Waals surface area contributed by atoms with Gasteiger partial charge in [-0.1, -0.05) is 43.0 Å². The summed E-state index contributed by atoms with van der Waals surface area (Å²) in [5.41, 5.74) is 7.70. The maximum atomic E-state index is 12.3. The van der Waals surface area contributed by atoms with Crippen LogP contribution < -0.4 is 11.1 Å². The topological polar surface area (TPSA) is 55.1 Å². The lowest BCUT2D eigenvalue weighted by atomic mass is 9.97. The minimum Gasteiger partial charge on any atom is -0.398 e. The van der Waals surface area contributed by atoms with E-state index in [4.69, 9.17) is 5.73 Å². The Balaban J connectivity index is 2.26. The largest absolute Gasteiger partial charge is 0.398 e. The first kappa shape index (κ1) is 11.2. The van der Waals surface area contributed by atoms with Gasteiger partial charge in [-0.3, -0.25) is 4.79 Å². The van der Waals surface area contributed by atoms with Crippen molar-refractivity contribution in [2.45, 2.75) is 6.04 Å². The molecule has 17 heavy (non-hydrogen) atoms. The Labute approximate surface area is 100 Å². The van der Waals surface area contributed by atoms with Crippen LogP contribution in [0.3, 0.4) is 0 Å². The van der Waals surface area contributed by atoms with Crippen LogP contribution in [0, 0.1) is 0 Å². The zero-order valence-electron chi connectivity index (χ0n) is 9.39. The maximum Gasteiger partial charge on any atom is 0.189 e. The van der Waals surface area contributed by atoms with Gasteiger partial charge in [-0.2, -0.15) is 0 Å². The van der Waals surface area contributed by atoms with Crippen LogP contribution in [0.1, 0.15) is 15.9 Å². The molecule has 3 nitrogen and oxygen atoms in total. The lowest BCUT2D eigenvalue weighted by molar-refractivity contribution is 0.0968. The van der Waals surface area contributed by atoms with Gasteiger partial charge in [0.1, 0.15) is 6.04 Å². The zero-order valence-corrected chi connectivity index (χ0v) is 9.39. The molecular weight excluding hydrogens is 212 g/mol. The molecule has 1 unspecified atom stereocenters. The Morgan fingerprint density at radius 2 is 2.18 bits per heavy atom. The lowest BCUT2D eigenvalue weighted by Crippen LogP contribution is -2.34. The van der Waals surface area contributed by atoms with E-state index in [0.29, 0.717) is 11.3 Å². The van der Waals surface area contributed by atoms with Gasteiger partial charge >= 0.3 is 0 Å². The second kappa shape index (κ2) is 4.70. The van der Waals surface area contributed by atoms with E-state index in [9.17, 15) is 4.79 Å². The molecule has 1 aromatic carbocycles. The highest BCUT2D eigenvalue weighted by molar-refractivity contribution is 6.04.